The minimum absolute atomic E-state index is 0.0615. The van der Waals surface area contributed by atoms with Gasteiger partial charge in [-0.2, -0.15) is 3.15 Å². The lowest BCUT2D eigenvalue weighted by molar-refractivity contribution is 0.00491. The molecule has 1 aromatic heterocycles. The molecule has 3 aromatic rings. The van der Waals surface area contributed by atoms with Crippen LogP contribution < -0.4 is 8.43 Å². The minimum atomic E-state index is -0.678. The number of aliphatic hydroxyl groups excluding tert-OH is 1. The maximum absolute atomic E-state index is 9.85. The fourth-order valence-electron chi connectivity index (χ4n) is 4.37. The van der Waals surface area contributed by atoms with Crippen LogP contribution in [-0.2, 0) is 16.1 Å². The Kier molecular flexibility index (Phi) is 7.43. The van der Waals surface area contributed by atoms with Gasteiger partial charge in [-0.1, -0.05) is 60.7 Å². The van der Waals surface area contributed by atoms with Crippen molar-refractivity contribution in [1.29, 1.82) is 0 Å². The first-order valence-electron chi connectivity index (χ1n) is 11.4. The van der Waals surface area contributed by atoms with E-state index in [4.69, 9.17) is 12.6 Å². The van der Waals surface area contributed by atoms with E-state index in [0.29, 0.717) is 24.8 Å². The molecule has 5 rings (SSSR count). The molecule has 9 heteroatoms. The zero-order valence-corrected chi connectivity index (χ0v) is 21.1. The average Bonchev–Trinajstić information content (AvgIpc) is 3.52. The highest BCUT2D eigenvalue weighted by Gasteiger charge is 2.35. The minimum Gasteiger partial charge on any atom is -0.388 e. The average molecular weight is 573 g/mol. The van der Waals surface area contributed by atoms with E-state index in [1.54, 1.807) is 7.11 Å². The molecular weight excluding hydrogens is 545 g/mol. The van der Waals surface area contributed by atoms with Gasteiger partial charge in [-0.25, -0.2) is 9.97 Å². The van der Waals surface area contributed by atoms with Crippen molar-refractivity contribution in [2.24, 2.45) is 3.15 Å². The van der Waals surface area contributed by atoms with Crippen molar-refractivity contribution in [3.8, 4) is 0 Å². The van der Waals surface area contributed by atoms with Gasteiger partial charge in [-0.3, -0.25) is 3.11 Å². The number of methoxy groups -OCH3 is 1. The van der Waals surface area contributed by atoms with Crippen LogP contribution in [0.25, 0.3) is 0 Å². The number of hydrogen-bond donors (Lipinski definition) is 2. The molecule has 0 unspecified atom stereocenters. The number of nitrogens with one attached hydrogen (secondary N) is 1. The fourth-order valence-corrected chi connectivity index (χ4v) is 6.49. The van der Waals surface area contributed by atoms with Gasteiger partial charge in [0.25, 0.3) is 0 Å². The van der Waals surface area contributed by atoms with Crippen LogP contribution in [-0.4, -0.2) is 47.7 Å². The number of fused-ring (bicyclic) bond motifs is 1. The number of anilines is 2. The lowest BCUT2D eigenvalue weighted by atomic mass is 9.91. The topological polar surface area (TPSA) is 92.1 Å². The molecule has 1 saturated heterocycles. The molecular formula is C25H28IN5O3. The summed E-state index contributed by atoms with van der Waals surface area (Å²) < 4.78 is 18.5. The Balaban J connectivity index is 1.40. The second-order valence-corrected chi connectivity index (χ2v) is 10.2. The molecule has 0 spiro atoms. The third kappa shape index (κ3) is 4.97. The highest BCUT2D eigenvalue weighted by molar-refractivity contribution is 14.2. The summed E-state index contributed by atoms with van der Waals surface area (Å²) in [5.74, 6) is 1.95. The highest BCUT2D eigenvalue weighted by Crippen LogP contribution is 2.48. The molecule has 2 N–H and O–H groups in total. The van der Waals surface area contributed by atoms with E-state index in [-0.39, 0.29) is 24.9 Å². The lowest BCUT2D eigenvalue weighted by Crippen LogP contribution is -2.28. The summed E-state index contributed by atoms with van der Waals surface area (Å²) in [4.78, 5) is 9.21. The molecule has 0 radical (unpaired) electrons. The summed E-state index contributed by atoms with van der Waals surface area (Å²) in [5, 5.41) is 13.4. The standard InChI is InChI=1S/C25H28IN5O3/c1-33-16-19-12-13-22(34-19)31-25-23(30-26-31)24(28-21(15-32)29-25)27-14-20(17-8-4-2-5-9-17)18-10-6-3-7-11-18/h2-11,19-20,22,32H,12-16H2,1H3,(H,27,28,29)/t19-,22+/m0/s1. The van der Waals surface area contributed by atoms with Crippen LogP contribution in [0.4, 0.5) is 17.3 Å². The van der Waals surface area contributed by atoms with Crippen LogP contribution in [0, 0.1) is 0 Å². The van der Waals surface area contributed by atoms with Crippen molar-refractivity contribution in [3.63, 3.8) is 0 Å². The molecule has 0 amide bonds. The van der Waals surface area contributed by atoms with Gasteiger partial charge in [0.1, 0.15) is 34.1 Å². The molecule has 2 atom stereocenters. The summed E-state index contributed by atoms with van der Waals surface area (Å²) in [6.07, 6.45) is 1.90. The number of hydrogen-bond acceptors (Lipinski definition) is 8. The molecule has 2 aliphatic heterocycles. The Morgan fingerprint density at radius 1 is 1.09 bits per heavy atom. The summed E-state index contributed by atoms with van der Waals surface area (Å²) in [5.41, 5.74) is 3.22. The predicted molar refractivity (Wildman–Crippen MR) is 140 cm³/mol. The van der Waals surface area contributed by atoms with E-state index >= 15 is 0 Å². The van der Waals surface area contributed by atoms with E-state index in [1.165, 1.54) is 11.1 Å². The molecule has 0 bridgehead atoms. The molecule has 2 aromatic carbocycles. The molecule has 1 fully saturated rings. The highest BCUT2D eigenvalue weighted by atomic mass is 127. The first-order chi connectivity index (χ1) is 16.8. The molecule has 34 heavy (non-hydrogen) atoms. The second-order valence-electron chi connectivity index (χ2n) is 8.29. The fraction of sp³-hybridized carbons (Fsp3) is 0.360. The van der Waals surface area contributed by atoms with Gasteiger partial charge in [0.2, 0.25) is 0 Å². The van der Waals surface area contributed by atoms with E-state index in [9.17, 15) is 5.11 Å². The normalized spacial score (nSPS) is 19.3. The van der Waals surface area contributed by atoms with Gasteiger partial charge in [0.05, 0.1) is 12.7 Å². The molecule has 178 valence electrons. The smallest absolute Gasteiger partial charge is 0.172 e. The van der Waals surface area contributed by atoms with Crippen molar-refractivity contribution in [2.75, 3.05) is 28.7 Å². The van der Waals surface area contributed by atoms with Crippen LogP contribution in [0.5, 0.6) is 0 Å². The van der Waals surface area contributed by atoms with Crippen LogP contribution >= 0.6 is 21.3 Å². The zero-order chi connectivity index (χ0) is 23.3. The Labute approximate surface area is 209 Å². The summed E-state index contributed by atoms with van der Waals surface area (Å²) >= 11 is -0.678. The van der Waals surface area contributed by atoms with Crippen molar-refractivity contribution >= 4 is 38.6 Å². The number of rotatable bonds is 9. The van der Waals surface area contributed by atoms with E-state index in [2.05, 4.69) is 66.9 Å². The monoisotopic (exact) mass is 573 g/mol. The quantitative estimate of drug-likeness (QED) is 0.279. The molecule has 0 aliphatic carbocycles. The maximum atomic E-state index is 9.85. The van der Waals surface area contributed by atoms with Crippen molar-refractivity contribution in [2.45, 2.75) is 37.7 Å². The Morgan fingerprint density at radius 3 is 2.44 bits per heavy atom. The summed E-state index contributed by atoms with van der Waals surface area (Å²) in [6.45, 7) is 1.00. The van der Waals surface area contributed by atoms with E-state index in [0.717, 1.165) is 24.3 Å². The van der Waals surface area contributed by atoms with Crippen molar-refractivity contribution in [1.82, 2.24) is 9.97 Å². The van der Waals surface area contributed by atoms with Crippen LogP contribution in [0.3, 0.4) is 0 Å². The van der Waals surface area contributed by atoms with Crippen molar-refractivity contribution < 1.29 is 14.6 Å². The van der Waals surface area contributed by atoms with Crippen LogP contribution in [0.2, 0.25) is 0 Å². The van der Waals surface area contributed by atoms with Crippen molar-refractivity contribution in [3.05, 3.63) is 77.6 Å². The van der Waals surface area contributed by atoms with Gasteiger partial charge in [0, 0.05) is 19.6 Å². The van der Waals surface area contributed by atoms with Crippen LogP contribution in [0.15, 0.2) is 63.8 Å². The molecule has 3 heterocycles. The SMILES string of the molecule is COC[C@@H]1CC[C@H](N2I=Nc3c(NCC(c4ccccc4)c4ccccc4)nc(CO)nc32)O1. The van der Waals surface area contributed by atoms with Gasteiger partial charge in [-0.15, -0.1) is 0 Å². The van der Waals surface area contributed by atoms with Gasteiger partial charge < -0.3 is 19.9 Å². The first-order valence-corrected chi connectivity index (χ1v) is 13.3. The van der Waals surface area contributed by atoms with E-state index in [1.807, 2.05) is 12.1 Å². The Morgan fingerprint density at radius 2 is 1.79 bits per heavy atom. The number of ether oxygens (including phenoxy) is 2. The van der Waals surface area contributed by atoms with E-state index < -0.39 is 21.3 Å². The van der Waals surface area contributed by atoms with Gasteiger partial charge >= 0.3 is 0 Å². The Hall–Kier alpha value is -2.47. The molecule has 0 saturated carbocycles. The number of aliphatic hydroxyl groups is 1. The zero-order valence-electron chi connectivity index (χ0n) is 19.0. The number of aromatic nitrogens is 2. The number of benzene rings is 2. The maximum Gasteiger partial charge on any atom is 0.172 e. The van der Waals surface area contributed by atoms with Gasteiger partial charge in [-0.05, 0) is 24.0 Å². The number of halogens is 1. The third-order valence-corrected chi connectivity index (χ3v) is 8.27. The second kappa shape index (κ2) is 10.9. The third-order valence-electron chi connectivity index (χ3n) is 6.03. The van der Waals surface area contributed by atoms with Gasteiger partial charge in [0.15, 0.2) is 23.1 Å². The Bertz CT molecular complexity index is 1090. The largest absolute Gasteiger partial charge is 0.388 e. The lowest BCUT2D eigenvalue weighted by Gasteiger charge is -2.23. The molecule has 8 nitrogen and oxygen atoms in total. The number of nitrogens with zero attached hydrogens (tertiary/aromatic N) is 4. The summed E-state index contributed by atoms with van der Waals surface area (Å²) in [6, 6.07) is 20.9. The predicted octanol–water partition coefficient (Wildman–Crippen LogP) is 4.89. The first kappa shape index (κ1) is 23.3. The summed E-state index contributed by atoms with van der Waals surface area (Å²) in [7, 11) is 1.70. The van der Waals surface area contributed by atoms with Crippen LogP contribution in [0.1, 0.15) is 35.7 Å². The molecule has 2 aliphatic rings.